The number of nitrogens with zero attached hydrogens (tertiary/aromatic N) is 2. The van der Waals surface area contributed by atoms with Crippen LogP contribution in [0.5, 0.6) is 5.75 Å². The Balaban J connectivity index is 2.40. The van der Waals surface area contributed by atoms with Crippen LogP contribution in [0.3, 0.4) is 0 Å². The van der Waals surface area contributed by atoms with Crippen LogP contribution in [-0.4, -0.2) is 38.4 Å². The van der Waals surface area contributed by atoms with Gasteiger partial charge in [-0.3, -0.25) is 9.59 Å². The average molecular weight is 332 g/mol. The van der Waals surface area contributed by atoms with Crippen molar-refractivity contribution < 1.29 is 23.8 Å². The number of anilines is 1. The van der Waals surface area contributed by atoms with Crippen LogP contribution in [0.25, 0.3) is 0 Å². The molecular weight excluding hydrogens is 312 g/mol. The molecule has 1 heterocycles. The zero-order chi connectivity index (χ0) is 17.7. The molecule has 0 N–H and O–H groups in total. The summed E-state index contributed by atoms with van der Waals surface area (Å²) >= 11 is 0. The number of carbonyl (C=O) groups is 2. The first-order valence-electron chi connectivity index (χ1n) is 7.48. The summed E-state index contributed by atoms with van der Waals surface area (Å²) in [6.45, 7) is 3.92. The topological polar surface area (TPSA) is 77.4 Å². The van der Waals surface area contributed by atoms with E-state index in [1.54, 1.807) is 38.3 Å². The number of methoxy groups -OCH3 is 2. The van der Waals surface area contributed by atoms with Gasteiger partial charge < -0.3 is 14.2 Å². The summed E-state index contributed by atoms with van der Waals surface area (Å²) in [5.74, 6) is 0.288. The predicted octanol–water partition coefficient (Wildman–Crippen LogP) is 2.27. The SMILES string of the molecule is CCOC(C)=C1C(=O)N(c2ccc(OC)cc2)N=C1CC(=O)OC. The summed E-state index contributed by atoms with van der Waals surface area (Å²) in [6.07, 6.45) is -0.103. The summed E-state index contributed by atoms with van der Waals surface area (Å²) in [6, 6.07) is 6.90. The molecule has 0 unspecified atom stereocenters. The Morgan fingerprint density at radius 1 is 1.21 bits per heavy atom. The number of allylic oxidation sites excluding steroid dienone is 1. The van der Waals surface area contributed by atoms with Crippen LogP contribution < -0.4 is 9.75 Å². The molecule has 0 saturated heterocycles. The Hall–Kier alpha value is -2.83. The summed E-state index contributed by atoms with van der Waals surface area (Å²) in [4.78, 5) is 24.4. The molecule has 128 valence electrons. The number of hydrazone groups is 1. The van der Waals surface area contributed by atoms with Crippen molar-refractivity contribution in [1.29, 1.82) is 0 Å². The van der Waals surface area contributed by atoms with Crippen LogP contribution in [0.4, 0.5) is 5.69 Å². The second kappa shape index (κ2) is 7.63. The van der Waals surface area contributed by atoms with Crippen molar-refractivity contribution in [3.8, 4) is 5.75 Å². The molecule has 7 nitrogen and oxygen atoms in total. The lowest BCUT2D eigenvalue weighted by Gasteiger charge is -2.13. The molecule has 0 aromatic heterocycles. The van der Waals surface area contributed by atoms with E-state index in [2.05, 4.69) is 9.84 Å². The van der Waals surface area contributed by atoms with E-state index in [1.807, 2.05) is 6.92 Å². The lowest BCUT2D eigenvalue weighted by molar-refractivity contribution is -0.139. The van der Waals surface area contributed by atoms with Crippen LogP contribution in [0.15, 0.2) is 40.7 Å². The molecule has 0 fully saturated rings. The highest BCUT2D eigenvalue weighted by Crippen LogP contribution is 2.28. The molecule has 24 heavy (non-hydrogen) atoms. The molecule has 0 spiro atoms. The Labute approximate surface area is 140 Å². The smallest absolute Gasteiger partial charge is 0.311 e. The number of ether oxygens (including phenoxy) is 3. The highest BCUT2D eigenvalue weighted by molar-refractivity contribution is 6.32. The van der Waals surface area contributed by atoms with Crippen LogP contribution in [-0.2, 0) is 19.1 Å². The average Bonchev–Trinajstić information content (AvgIpc) is 2.91. The van der Waals surface area contributed by atoms with Gasteiger partial charge in [0.25, 0.3) is 5.91 Å². The van der Waals surface area contributed by atoms with E-state index in [4.69, 9.17) is 9.47 Å². The molecule has 0 atom stereocenters. The van der Waals surface area contributed by atoms with Crippen LogP contribution in [0, 0.1) is 0 Å². The van der Waals surface area contributed by atoms with Crippen molar-refractivity contribution in [1.82, 2.24) is 0 Å². The molecule has 1 aromatic carbocycles. The molecule has 1 aliphatic rings. The Morgan fingerprint density at radius 3 is 2.42 bits per heavy atom. The van der Waals surface area contributed by atoms with Crippen molar-refractivity contribution in [3.63, 3.8) is 0 Å². The van der Waals surface area contributed by atoms with Crippen molar-refractivity contribution in [2.75, 3.05) is 25.8 Å². The molecule has 0 bridgehead atoms. The maximum absolute atomic E-state index is 12.7. The van der Waals surface area contributed by atoms with Crippen molar-refractivity contribution >= 4 is 23.3 Å². The second-order valence-electron chi connectivity index (χ2n) is 4.98. The number of esters is 1. The maximum Gasteiger partial charge on any atom is 0.311 e. The number of hydrogen-bond acceptors (Lipinski definition) is 6. The molecule has 0 saturated carbocycles. The number of benzene rings is 1. The van der Waals surface area contributed by atoms with Gasteiger partial charge in [0.05, 0.1) is 38.6 Å². The van der Waals surface area contributed by atoms with Crippen LogP contribution in [0.2, 0.25) is 0 Å². The summed E-state index contributed by atoms with van der Waals surface area (Å²) in [7, 11) is 2.86. The van der Waals surface area contributed by atoms with E-state index >= 15 is 0 Å². The standard InChI is InChI=1S/C17H20N2O5/c1-5-24-11(2)16-14(10-15(20)23-4)18-19(17(16)21)12-6-8-13(22-3)9-7-12/h6-9H,5,10H2,1-4H3. The van der Waals surface area contributed by atoms with Gasteiger partial charge in [0.15, 0.2) is 0 Å². The molecule has 1 amide bonds. The van der Waals surface area contributed by atoms with Crippen molar-refractivity contribution in [2.45, 2.75) is 20.3 Å². The first-order valence-corrected chi connectivity index (χ1v) is 7.48. The van der Waals surface area contributed by atoms with Crippen LogP contribution in [0.1, 0.15) is 20.3 Å². The van der Waals surface area contributed by atoms with E-state index < -0.39 is 5.97 Å². The summed E-state index contributed by atoms with van der Waals surface area (Å²) < 4.78 is 15.2. The quantitative estimate of drug-likeness (QED) is 0.454. The second-order valence-corrected chi connectivity index (χ2v) is 4.98. The van der Waals surface area contributed by atoms with Gasteiger partial charge in [-0.25, -0.2) is 0 Å². The van der Waals surface area contributed by atoms with Gasteiger partial charge in [-0.05, 0) is 38.1 Å². The zero-order valence-electron chi connectivity index (χ0n) is 14.2. The van der Waals surface area contributed by atoms with Gasteiger partial charge in [0.2, 0.25) is 0 Å². The molecule has 0 radical (unpaired) electrons. The Morgan fingerprint density at radius 2 is 1.88 bits per heavy atom. The van der Waals surface area contributed by atoms with Gasteiger partial charge in [-0.15, -0.1) is 0 Å². The lowest BCUT2D eigenvalue weighted by Crippen LogP contribution is -2.23. The molecule has 2 rings (SSSR count). The fourth-order valence-corrected chi connectivity index (χ4v) is 2.32. The Bertz CT molecular complexity index is 691. The predicted molar refractivity (Wildman–Crippen MR) is 88.9 cm³/mol. The third kappa shape index (κ3) is 3.56. The van der Waals surface area contributed by atoms with Gasteiger partial charge in [0, 0.05) is 0 Å². The largest absolute Gasteiger partial charge is 0.498 e. The zero-order valence-corrected chi connectivity index (χ0v) is 14.2. The number of rotatable bonds is 6. The van der Waals surface area contributed by atoms with Crippen molar-refractivity contribution in [3.05, 3.63) is 35.6 Å². The first kappa shape index (κ1) is 17.5. The molecule has 0 aliphatic carbocycles. The minimum absolute atomic E-state index is 0.103. The monoisotopic (exact) mass is 332 g/mol. The van der Waals surface area contributed by atoms with E-state index in [9.17, 15) is 9.59 Å². The van der Waals surface area contributed by atoms with Gasteiger partial charge >= 0.3 is 5.97 Å². The lowest BCUT2D eigenvalue weighted by atomic mass is 10.1. The molecule has 1 aromatic rings. The van der Waals surface area contributed by atoms with E-state index in [-0.39, 0.29) is 17.9 Å². The number of amides is 1. The van der Waals surface area contributed by atoms with Gasteiger partial charge in [-0.1, -0.05) is 0 Å². The van der Waals surface area contributed by atoms with Gasteiger partial charge in [0.1, 0.15) is 17.1 Å². The molecular formula is C17H20N2O5. The van der Waals surface area contributed by atoms with Crippen molar-refractivity contribution in [2.24, 2.45) is 5.10 Å². The first-order chi connectivity index (χ1) is 11.5. The highest BCUT2D eigenvalue weighted by atomic mass is 16.5. The van der Waals surface area contributed by atoms with E-state index in [1.165, 1.54) is 12.1 Å². The molecule has 7 heteroatoms. The Kier molecular flexibility index (Phi) is 5.57. The summed E-state index contributed by atoms with van der Waals surface area (Å²) in [5.41, 5.74) is 1.19. The fraction of sp³-hybridized carbons (Fsp3) is 0.353. The highest BCUT2D eigenvalue weighted by Gasteiger charge is 2.34. The third-order valence-corrected chi connectivity index (χ3v) is 3.48. The van der Waals surface area contributed by atoms with Gasteiger partial charge in [-0.2, -0.15) is 10.1 Å². The summed E-state index contributed by atoms with van der Waals surface area (Å²) in [5, 5.41) is 5.53. The fourth-order valence-electron chi connectivity index (χ4n) is 2.32. The minimum atomic E-state index is -0.472. The normalized spacial score (nSPS) is 15.9. The third-order valence-electron chi connectivity index (χ3n) is 3.48. The number of hydrogen-bond donors (Lipinski definition) is 0. The number of carbonyl (C=O) groups excluding carboxylic acids is 2. The van der Waals surface area contributed by atoms with E-state index in [0.29, 0.717) is 29.5 Å². The maximum atomic E-state index is 12.7. The molecule has 1 aliphatic heterocycles. The van der Waals surface area contributed by atoms with Crippen LogP contribution >= 0.6 is 0 Å². The minimum Gasteiger partial charge on any atom is -0.498 e. The van der Waals surface area contributed by atoms with E-state index in [0.717, 1.165) is 0 Å².